The minimum Gasteiger partial charge on any atom is -0.466 e. The molecule has 1 aliphatic rings. The summed E-state index contributed by atoms with van der Waals surface area (Å²) in [5, 5.41) is 0. The molecular formula is C12H21NO5S. The summed E-state index contributed by atoms with van der Waals surface area (Å²) in [5.41, 5.74) is 0. The molecule has 0 saturated carbocycles. The lowest BCUT2D eigenvalue weighted by Crippen LogP contribution is -2.31. The second kappa shape index (κ2) is 10.1. The summed E-state index contributed by atoms with van der Waals surface area (Å²) in [6, 6.07) is 0. The Morgan fingerprint density at radius 3 is 2.42 bits per heavy atom. The fraction of sp³-hybridized carbons (Fsp3) is 0.833. The quantitative estimate of drug-likeness (QED) is 0.291. The number of rotatable bonds is 8. The maximum absolute atomic E-state index is 11.4. The molecule has 0 aliphatic carbocycles. The van der Waals surface area contributed by atoms with Gasteiger partial charge in [-0.05, 0) is 19.8 Å². The Morgan fingerprint density at radius 2 is 1.79 bits per heavy atom. The molecule has 1 saturated heterocycles. The third kappa shape index (κ3) is 8.07. The fourth-order valence-corrected chi connectivity index (χ4v) is 2.10. The van der Waals surface area contributed by atoms with Gasteiger partial charge in [0.2, 0.25) is 0 Å². The van der Waals surface area contributed by atoms with E-state index in [0.717, 1.165) is 25.3 Å². The molecule has 0 aromatic carbocycles. The van der Waals surface area contributed by atoms with Gasteiger partial charge in [-0.25, -0.2) is 4.31 Å². The van der Waals surface area contributed by atoms with Gasteiger partial charge in [0.1, 0.15) is 0 Å². The van der Waals surface area contributed by atoms with Crippen LogP contribution in [-0.4, -0.2) is 49.2 Å². The maximum atomic E-state index is 11.4. The first-order chi connectivity index (χ1) is 9.22. The van der Waals surface area contributed by atoms with Crippen LogP contribution in [0.3, 0.4) is 0 Å². The summed E-state index contributed by atoms with van der Waals surface area (Å²) in [4.78, 5) is 22.5. The van der Waals surface area contributed by atoms with Crippen molar-refractivity contribution in [3.05, 3.63) is 0 Å². The zero-order valence-corrected chi connectivity index (χ0v) is 12.1. The number of nitrogens with zero attached hydrogens (tertiary/aromatic N) is 1. The first-order valence-corrected chi connectivity index (χ1v) is 7.28. The van der Waals surface area contributed by atoms with Crippen LogP contribution >= 0.6 is 12.2 Å². The molecule has 110 valence electrons. The second-order valence-electron chi connectivity index (χ2n) is 4.08. The molecule has 0 radical (unpaired) electrons. The number of unbranched alkanes of at least 4 members (excludes halogenated alkanes) is 1. The lowest BCUT2D eigenvalue weighted by atomic mass is 10.2. The average Bonchev–Trinajstić information content (AvgIpc) is 2.43. The van der Waals surface area contributed by atoms with Crippen LogP contribution < -0.4 is 0 Å². The summed E-state index contributed by atoms with van der Waals surface area (Å²) in [6.45, 7) is 5.05. The lowest BCUT2D eigenvalue weighted by Gasteiger charge is -2.23. The van der Waals surface area contributed by atoms with Gasteiger partial charge >= 0.3 is 11.9 Å². The van der Waals surface area contributed by atoms with E-state index in [9.17, 15) is 9.59 Å². The predicted octanol–water partition coefficient (Wildman–Crippen LogP) is 1.55. The van der Waals surface area contributed by atoms with E-state index in [4.69, 9.17) is 13.7 Å². The van der Waals surface area contributed by atoms with Crippen molar-refractivity contribution in [2.24, 2.45) is 0 Å². The van der Waals surface area contributed by atoms with Crippen LogP contribution in [0, 0.1) is 0 Å². The van der Waals surface area contributed by atoms with Gasteiger partial charge in [-0.1, -0.05) is 0 Å². The van der Waals surface area contributed by atoms with E-state index in [-0.39, 0.29) is 11.9 Å². The third-order valence-corrected chi connectivity index (χ3v) is 3.36. The first-order valence-electron chi connectivity index (χ1n) is 6.58. The molecule has 6 nitrogen and oxygen atoms in total. The highest BCUT2D eigenvalue weighted by Gasteiger charge is 2.14. The first kappa shape index (κ1) is 16.3. The number of morpholine rings is 1. The summed E-state index contributed by atoms with van der Waals surface area (Å²) in [6.07, 6.45) is 1.98. The van der Waals surface area contributed by atoms with Crippen molar-refractivity contribution in [3.63, 3.8) is 0 Å². The Hall–Kier alpha value is -0.790. The lowest BCUT2D eigenvalue weighted by molar-refractivity contribution is -0.143. The molecule has 1 rings (SSSR count). The summed E-state index contributed by atoms with van der Waals surface area (Å²) in [5.74, 6) is -0.459. The number of ether oxygens (including phenoxy) is 2. The van der Waals surface area contributed by atoms with Crippen molar-refractivity contribution in [2.45, 2.75) is 32.6 Å². The predicted molar refractivity (Wildman–Crippen MR) is 71.2 cm³/mol. The van der Waals surface area contributed by atoms with E-state index < -0.39 is 0 Å². The molecule has 1 heterocycles. The van der Waals surface area contributed by atoms with Crippen molar-refractivity contribution in [1.29, 1.82) is 0 Å². The molecule has 0 N–H and O–H groups in total. The maximum Gasteiger partial charge on any atom is 0.319 e. The van der Waals surface area contributed by atoms with E-state index in [0.29, 0.717) is 45.5 Å². The van der Waals surface area contributed by atoms with Gasteiger partial charge in [-0.2, -0.15) is 0 Å². The van der Waals surface area contributed by atoms with Crippen LogP contribution in [0.15, 0.2) is 0 Å². The molecule has 19 heavy (non-hydrogen) atoms. The Kier molecular flexibility index (Phi) is 8.61. The molecule has 7 heteroatoms. The van der Waals surface area contributed by atoms with Crippen LogP contribution in [0.25, 0.3) is 0 Å². The van der Waals surface area contributed by atoms with E-state index in [1.165, 1.54) is 0 Å². The van der Waals surface area contributed by atoms with E-state index in [1.807, 2.05) is 4.31 Å². The minimum absolute atomic E-state index is 0.210. The topological polar surface area (TPSA) is 65.1 Å². The molecule has 0 unspecified atom stereocenters. The Bertz CT molecular complexity index is 281. The van der Waals surface area contributed by atoms with Crippen molar-refractivity contribution in [2.75, 3.05) is 32.9 Å². The van der Waals surface area contributed by atoms with Gasteiger partial charge in [-0.3, -0.25) is 9.59 Å². The molecular weight excluding hydrogens is 270 g/mol. The van der Waals surface area contributed by atoms with Crippen LogP contribution in [0.4, 0.5) is 0 Å². The van der Waals surface area contributed by atoms with Gasteiger partial charge in [0, 0.05) is 25.9 Å². The van der Waals surface area contributed by atoms with Gasteiger partial charge in [0.25, 0.3) is 0 Å². The fourth-order valence-electron chi connectivity index (χ4n) is 1.53. The number of hydrogen-bond acceptors (Lipinski definition) is 7. The molecule has 0 amide bonds. The van der Waals surface area contributed by atoms with Gasteiger partial charge in [-0.15, -0.1) is 0 Å². The van der Waals surface area contributed by atoms with Crippen LogP contribution in [0.2, 0.25) is 0 Å². The molecule has 0 spiro atoms. The van der Waals surface area contributed by atoms with Crippen molar-refractivity contribution in [3.8, 4) is 0 Å². The highest BCUT2D eigenvalue weighted by atomic mass is 32.2. The monoisotopic (exact) mass is 291 g/mol. The molecule has 1 fully saturated rings. The van der Waals surface area contributed by atoms with E-state index >= 15 is 0 Å². The standard InChI is InChI=1S/C12H21NO5S/c1-2-17-11(14)5-3-4-6-12(15)18-19-13-7-9-16-10-8-13/h2-10H2,1H3. The van der Waals surface area contributed by atoms with Crippen molar-refractivity contribution >= 4 is 24.2 Å². The molecule has 1 aliphatic heterocycles. The van der Waals surface area contributed by atoms with Crippen molar-refractivity contribution in [1.82, 2.24) is 4.31 Å². The molecule has 0 aromatic rings. The SMILES string of the molecule is CCOC(=O)CCCCC(=O)OSN1CCOCC1. The molecule has 0 atom stereocenters. The largest absolute Gasteiger partial charge is 0.466 e. The van der Waals surface area contributed by atoms with Gasteiger partial charge in [0.05, 0.1) is 19.8 Å². The highest BCUT2D eigenvalue weighted by molar-refractivity contribution is 7.92. The second-order valence-corrected chi connectivity index (χ2v) is 4.92. The molecule has 0 aromatic heterocycles. The minimum atomic E-state index is -0.250. The van der Waals surface area contributed by atoms with E-state index in [1.54, 1.807) is 6.92 Å². The number of hydrogen-bond donors (Lipinski definition) is 0. The van der Waals surface area contributed by atoms with Gasteiger partial charge in [0.15, 0.2) is 12.2 Å². The number of carbonyl (C=O) groups excluding carboxylic acids is 2. The highest BCUT2D eigenvalue weighted by Crippen LogP contribution is 2.15. The number of carbonyl (C=O) groups is 2. The summed E-state index contributed by atoms with van der Waals surface area (Å²) in [7, 11) is 0. The summed E-state index contributed by atoms with van der Waals surface area (Å²) >= 11 is 1.09. The van der Waals surface area contributed by atoms with E-state index in [2.05, 4.69) is 0 Å². The summed E-state index contributed by atoms with van der Waals surface area (Å²) < 4.78 is 17.0. The van der Waals surface area contributed by atoms with Crippen LogP contribution in [0.5, 0.6) is 0 Å². The van der Waals surface area contributed by atoms with Crippen LogP contribution in [-0.2, 0) is 23.2 Å². The normalized spacial score (nSPS) is 16.1. The van der Waals surface area contributed by atoms with Gasteiger partial charge < -0.3 is 13.7 Å². The zero-order chi connectivity index (χ0) is 13.9. The third-order valence-electron chi connectivity index (χ3n) is 2.52. The van der Waals surface area contributed by atoms with Crippen LogP contribution in [0.1, 0.15) is 32.6 Å². The zero-order valence-electron chi connectivity index (χ0n) is 11.3. The Labute approximate surface area is 118 Å². The number of esters is 1. The smallest absolute Gasteiger partial charge is 0.319 e. The average molecular weight is 291 g/mol. The Morgan fingerprint density at radius 1 is 1.16 bits per heavy atom. The van der Waals surface area contributed by atoms with Crippen molar-refractivity contribution < 1.29 is 23.2 Å². The Balaban J connectivity index is 1.97. The molecule has 0 bridgehead atoms.